The Morgan fingerprint density at radius 3 is 1.08 bits per heavy atom. The van der Waals surface area contributed by atoms with Crippen LogP contribution in [-0.4, -0.2) is 32.6 Å². The largest absolute Gasteiger partial charge is 0.711 e. The van der Waals surface area contributed by atoms with E-state index in [2.05, 4.69) is 324 Å². The topological polar surface area (TPSA) is 55.7 Å². The average Bonchev–Trinajstić information content (AvgIpc) is 1.54. The molecule has 0 bridgehead atoms. The molecular weight excluding hydrogens is 1330 g/mol. The van der Waals surface area contributed by atoms with Gasteiger partial charge in [-0.15, -0.1) is 0 Å². The number of fused-ring (bicyclic) bond motifs is 6. The molecule has 0 atom stereocenters. The number of aryl methyl sites for hydroxylation is 2. The van der Waals surface area contributed by atoms with E-state index in [1.54, 1.807) is 12.1 Å². The molecule has 8 heteroatoms. The van der Waals surface area contributed by atoms with E-state index in [4.69, 9.17) is 0 Å². The van der Waals surface area contributed by atoms with E-state index in [1.807, 2.05) is 19.9 Å². The van der Waals surface area contributed by atoms with Gasteiger partial charge in [0.25, 0.3) is 0 Å². The zero-order chi connectivity index (χ0) is 78.8. The average molecular weight is 1450 g/mol. The molecule has 0 spiro atoms. The van der Waals surface area contributed by atoms with E-state index >= 15 is 8.78 Å². The Morgan fingerprint density at radius 1 is 0.361 bits per heavy atom. The molecule has 2 heterocycles. The monoisotopic (exact) mass is 1450 g/mol. The fourth-order valence-corrected chi connectivity index (χ4v) is 17.1. The molecule has 0 saturated carbocycles. The van der Waals surface area contributed by atoms with E-state index in [1.165, 1.54) is 34.4 Å². The number of halogens is 2. The second-order valence-corrected chi connectivity index (χ2v) is 38.9. The summed E-state index contributed by atoms with van der Waals surface area (Å²) >= 11 is 0. The predicted octanol–water partition coefficient (Wildman–Crippen LogP) is 28.9. The zero-order valence-electron chi connectivity index (χ0n) is 69.2. The lowest BCUT2D eigenvalue weighted by Gasteiger charge is -2.36. The first-order valence-corrected chi connectivity index (χ1v) is 38.9. The molecule has 0 aliphatic carbocycles. The second kappa shape index (κ2) is 28.1. The maximum absolute atomic E-state index is 16.8. The molecule has 0 radical (unpaired) electrons. The van der Waals surface area contributed by atoms with Gasteiger partial charge in [0.15, 0.2) is 13.2 Å². The van der Waals surface area contributed by atoms with E-state index < -0.39 is 22.5 Å². The van der Waals surface area contributed by atoms with E-state index in [0.29, 0.717) is 82.3 Å². The van der Waals surface area contributed by atoms with Gasteiger partial charge in [-0.2, -0.15) is 0 Å². The highest BCUT2D eigenvalue weighted by molar-refractivity contribution is 6.12. The molecule has 0 saturated heterocycles. The van der Waals surface area contributed by atoms with E-state index in [9.17, 15) is 10.2 Å². The first-order valence-electron chi connectivity index (χ1n) is 38.9. The van der Waals surface area contributed by atoms with Crippen LogP contribution in [0.1, 0.15) is 223 Å². The van der Waals surface area contributed by atoms with Gasteiger partial charge < -0.3 is 28.1 Å². The Bertz CT molecular complexity index is 5390. The predicted molar refractivity (Wildman–Crippen MR) is 456 cm³/mol. The van der Waals surface area contributed by atoms with Crippen molar-refractivity contribution in [3.8, 4) is 78.9 Å². The molecular formula is C100H118F2N2O4. The Morgan fingerprint density at radius 2 is 0.713 bits per heavy atom. The number of para-hydroxylation sites is 2. The highest BCUT2D eigenvalue weighted by Gasteiger charge is 2.36. The minimum Gasteiger partial charge on any atom is -0.711 e. The lowest BCUT2D eigenvalue weighted by atomic mass is 9.71. The standard InChI is InChI=1S/C100H118F2N2O4/c1-27-62-48-74(102)58-82(80-54-72(100(23,24)60-94(6,7)8)56-88(90(80)106)104-84-36-31-29-34-76(84)78-40-38-64(50-86(78)104)66-46-69(97(15,16)17)52-70(47-66)98(18,19)20)92(62)108(26)42-32-41-107(25)91-61(2)43-73(101)57-81(91)79-53-71(99(21,22)59-93(3,4)5)55-87(89(79)105)103-83-35-30-28-33-75(83)77-39-37-63(49-85(77)103)65-44-67(95(9,10)11)51-68(45-65)96(12,13)14/h28-31,33-40,43-58,105-106H,25-27,32,41-42,59-60H2,1-24H3. The number of nitrogens with zero attached hydrogens (tertiary/aromatic N) is 2. The second-order valence-electron chi connectivity index (χ2n) is 38.9. The molecule has 12 aromatic rings. The molecule has 12 rings (SSSR count). The number of aromatic hydroxyl groups is 2. The van der Waals surface area contributed by atoms with Gasteiger partial charge in [-0.05, 0) is 212 Å². The molecule has 2 aromatic heterocycles. The van der Waals surface area contributed by atoms with Gasteiger partial charge in [0.2, 0.25) is 11.5 Å². The molecule has 0 amide bonds. The molecule has 0 aliphatic heterocycles. The Kier molecular flexibility index (Phi) is 20.4. The molecule has 10 aromatic carbocycles. The lowest BCUT2D eigenvalue weighted by Crippen LogP contribution is -2.25. The summed E-state index contributed by atoms with van der Waals surface area (Å²) in [6, 6.07) is 58.8. The van der Waals surface area contributed by atoms with Crippen LogP contribution in [0.5, 0.6) is 23.0 Å². The van der Waals surface area contributed by atoms with E-state index in [-0.39, 0.29) is 44.0 Å². The van der Waals surface area contributed by atoms with Gasteiger partial charge in [-0.3, -0.25) is 0 Å². The summed E-state index contributed by atoms with van der Waals surface area (Å²) in [6.07, 6.45) is 2.55. The van der Waals surface area contributed by atoms with Crippen LogP contribution in [0.25, 0.3) is 99.5 Å². The Labute approximate surface area is 644 Å². The molecule has 6 nitrogen and oxygen atoms in total. The molecule has 0 aliphatic rings. The van der Waals surface area contributed by atoms with Crippen LogP contribution >= 0.6 is 0 Å². The first kappa shape index (κ1) is 78.4. The summed E-state index contributed by atoms with van der Waals surface area (Å²) in [4.78, 5) is 0. The minimum atomic E-state index is -0.443. The third kappa shape index (κ3) is 15.6. The molecule has 0 unspecified atom stereocenters. The number of hydrogen-bond acceptors (Lipinski definition) is 2. The van der Waals surface area contributed by atoms with Crippen molar-refractivity contribution >= 4 is 43.6 Å². The SMILES string of the molecule is [CH2-][O+](CCC[O+]([CH2-])c1c(CC)cc(F)cc1-c1cc(C(C)(C)CC(C)(C)C)cc(-n2c3ccccc3c3ccc(-c4cc(C(C)(C)C)cc(C(C)(C)C)c4)cc32)c1O)c1c(C)cc(F)cc1-c1cc(C(C)(C)CC(C)(C)C)cc(-n2c3ccccc3c3ccc(-c4cc(C(C)(C)C)cc(C(C)(C)C)c4)cc32)c1O. The summed E-state index contributed by atoms with van der Waals surface area (Å²) < 4.78 is 44.1. The van der Waals surface area contributed by atoms with Crippen LogP contribution in [0, 0.1) is 43.6 Å². The van der Waals surface area contributed by atoms with Crippen molar-refractivity contribution in [3.05, 3.63) is 240 Å². The van der Waals surface area contributed by atoms with Crippen LogP contribution in [0.2, 0.25) is 0 Å². The van der Waals surface area contributed by atoms with Gasteiger partial charge in [-0.25, -0.2) is 8.78 Å². The number of aromatic nitrogens is 2. The van der Waals surface area contributed by atoms with Gasteiger partial charge in [-0.1, -0.05) is 256 Å². The van der Waals surface area contributed by atoms with Gasteiger partial charge in [0.05, 0.1) is 44.6 Å². The number of rotatable bonds is 17. The van der Waals surface area contributed by atoms with Crippen molar-refractivity contribution in [2.75, 3.05) is 13.2 Å². The summed E-state index contributed by atoms with van der Waals surface area (Å²) in [7, 11) is 9.34. The number of benzene rings is 10. The van der Waals surface area contributed by atoms with Crippen molar-refractivity contribution in [1.29, 1.82) is 0 Å². The third-order valence-electron chi connectivity index (χ3n) is 22.2. The smallest absolute Gasteiger partial charge is 0.238 e. The zero-order valence-corrected chi connectivity index (χ0v) is 69.2. The fraction of sp³-hybridized carbons (Fsp3) is 0.380. The summed E-state index contributed by atoms with van der Waals surface area (Å²) in [5.74, 6) is 0.374. The quantitative estimate of drug-likeness (QED) is 0.0705. The van der Waals surface area contributed by atoms with Crippen molar-refractivity contribution in [2.45, 2.75) is 224 Å². The first-order chi connectivity index (χ1) is 50.1. The molecule has 108 heavy (non-hydrogen) atoms. The van der Waals surface area contributed by atoms with E-state index in [0.717, 1.165) is 89.8 Å². The van der Waals surface area contributed by atoms with Crippen LogP contribution < -0.4 is 0 Å². The highest BCUT2D eigenvalue weighted by Crippen LogP contribution is 2.54. The number of phenols is 2. The normalized spacial score (nSPS) is 13.1. The van der Waals surface area contributed by atoms with Gasteiger partial charge in [0.1, 0.15) is 29.6 Å². The molecule has 0 fully saturated rings. The van der Waals surface area contributed by atoms with Crippen LogP contribution in [-0.2, 0) is 47.6 Å². The maximum atomic E-state index is 16.8. The third-order valence-corrected chi connectivity index (χ3v) is 22.2. The van der Waals surface area contributed by atoms with Crippen LogP contribution in [0.4, 0.5) is 8.78 Å². The Hall–Kier alpha value is -9.14. The Balaban J connectivity index is 0.970. The molecule has 566 valence electrons. The van der Waals surface area contributed by atoms with Crippen LogP contribution in [0.3, 0.4) is 0 Å². The van der Waals surface area contributed by atoms with Crippen molar-refractivity contribution in [2.24, 2.45) is 10.8 Å². The number of hydrogen-bond donors (Lipinski definition) is 2. The molecule has 2 N–H and O–H groups in total. The maximum Gasteiger partial charge on any atom is 0.238 e. The van der Waals surface area contributed by atoms with Crippen molar-refractivity contribution in [3.63, 3.8) is 0 Å². The lowest BCUT2D eigenvalue weighted by molar-refractivity contribution is -0.0171. The summed E-state index contributed by atoms with van der Waals surface area (Å²) in [6.45, 7) is 54.3. The minimum absolute atomic E-state index is 0.00977. The fourth-order valence-electron chi connectivity index (χ4n) is 17.1. The van der Waals surface area contributed by atoms with Crippen LogP contribution in [0.15, 0.2) is 170 Å². The van der Waals surface area contributed by atoms with Gasteiger partial charge >= 0.3 is 0 Å². The van der Waals surface area contributed by atoms with Gasteiger partial charge in [0, 0.05) is 43.8 Å². The summed E-state index contributed by atoms with van der Waals surface area (Å²) in [5.41, 5.74) is 18.2. The van der Waals surface area contributed by atoms with Crippen molar-refractivity contribution in [1.82, 2.24) is 9.13 Å². The van der Waals surface area contributed by atoms with Crippen molar-refractivity contribution < 1.29 is 27.7 Å². The highest BCUT2D eigenvalue weighted by atomic mass is 19.1. The summed E-state index contributed by atoms with van der Waals surface area (Å²) in [5, 5.41) is 31.2. The number of phenolic OH excluding ortho intramolecular Hbond substituents is 2.